The number of halogens is 2. The molecule has 1 amide bonds. The van der Waals surface area contributed by atoms with Crippen molar-refractivity contribution >= 4 is 5.91 Å². The number of alkyl halides is 2. The molecule has 1 atom stereocenters. The lowest BCUT2D eigenvalue weighted by molar-refractivity contribution is -0.130. The molecule has 18 heavy (non-hydrogen) atoms. The van der Waals surface area contributed by atoms with Gasteiger partial charge in [-0.2, -0.15) is 0 Å². The number of nitrogens with two attached hydrogens (primary N) is 1. The summed E-state index contributed by atoms with van der Waals surface area (Å²) < 4.78 is 30.9. The second kappa shape index (κ2) is 6.99. The molecule has 0 aromatic rings. The van der Waals surface area contributed by atoms with Crippen molar-refractivity contribution in [1.29, 1.82) is 0 Å². The van der Waals surface area contributed by atoms with Gasteiger partial charge < -0.3 is 15.8 Å². The van der Waals surface area contributed by atoms with Crippen LogP contribution in [0.5, 0.6) is 0 Å². The first kappa shape index (κ1) is 15.3. The number of hydrogen-bond donors (Lipinski definition) is 2. The van der Waals surface area contributed by atoms with Gasteiger partial charge in [-0.25, -0.2) is 8.78 Å². The Hall–Kier alpha value is -0.750. The fraction of sp³-hybridized carbons (Fsp3) is 0.917. The molecule has 1 aliphatic carbocycles. The highest BCUT2D eigenvalue weighted by atomic mass is 19.3. The summed E-state index contributed by atoms with van der Waals surface area (Å²) in [5, 5.41) is 2.83. The fourth-order valence-corrected chi connectivity index (χ4v) is 2.22. The Morgan fingerprint density at radius 3 is 2.61 bits per heavy atom. The molecule has 1 unspecified atom stereocenters. The Labute approximate surface area is 106 Å². The minimum absolute atomic E-state index is 0.130. The third-order valence-electron chi connectivity index (χ3n) is 3.32. The van der Waals surface area contributed by atoms with Crippen molar-refractivity contribution in [2.75, 3.05) is 20.3 Å². The first-order chi connectivity index (χ1) is 8.48. The summed E-state index contributed by atoms with van der Waals surface area (Å²) in [5.41, 5.74) is 5.44. The predicted octanol–water partition coefficient (Wildman–Crippen LogP) is 1.29. The maximum Gasteiger partial charge on any atom is 0.248 e. The van der Waals surface area contributed by atoms with E-state index in [1.165, 1.54) is 0 Å². The average Bonchev–Trinajstić information content (AvgIpc) is 2.29. The molecule has 106 valence electrons. The topological polar surface area (TPSA) is 64.3 Å². The summed E-state index contributed by atoms with van der Waals surface area (Å²) >= 11 is 0. The van der Waals surface area contributed by atoms with Gasteiger partial charge in [0.25, 0.3) is 0 Å². The number of hydrogen-bond acceptors (Lipinski definition) is 3. The lowest BCUT2D eigenvalue weighted by atomic mass is 9.86. The van der Waals surface area contributed by atoms with Gasteiger partial charge in [-0.15, -0.1) is 0 Å². The molecule has 0 heterocycles. The normalized spacial score (nSPS) is 21.6. The number of carbonyl (C=O) groups excluding carboxylic acids is 1. The van der Waals surface area contributed by atoms with E-state index < -0.39 is 5.92 Å². The number of carbonyl (C=O) groups is 1. The van der Waals surface area contributed by atoms with Crippen LogP contribution in [0.4, 0.5) is 8.78 Å². The third-order valence-corrected chi connectivity index (χ3v) is 3.32. The van der Waals surface area contributed by atoms with Crippen LogP contribution in [0.3, 0.4) is 0 Å². The maximum absolute atomic E-state index is 13.0. The monoisotopic (exact) mass is 264 g/mol. The van der Waals surface area contributed by atoms with Crippen molar-refractivity contribution in [3.8, 4) is 0 Å². The smallest absolute Gasteiger partial charge is 0.248 e. The van der Waals surface area contributed by atoms with E-state index in [0.717, 1.165) is 0 Å². The van der Waals surface area contributed by atoms with Crippen molar-refractivity contribution in [1.82, 2.24) is 5.32 Å². The van der Waals surface area contributed by atoms with Gasteiger partial charge in [-0.3, -0.25) is 4.79 Å². The Bertz CT molecular complexity index is 259. The molecule has 1 rings (SSSR count). The molecule has 4 nitrogen and oxygen atoms in total. The van der Waals surface area contributed by atoms with Crippen molar-refractivity contribution in [3.05, 3.63) is 0 Å². The number of amides is 1. The largest absolute Gasteiger partial charge is 0.383 e. The lowest BCUT2D eigenvalue weighted by Crippen LogP contribution is -2.44. The minimum atomic E-state index is -2.60. The SMILES string of the molecule is COCC(CCN)NC(=O)C1CCC(F)(F)CC1. The standard InChI is InChI=1S/C12H22F2N2O2/c1-18-8-10(4-7-15)16-11(17)9-2-5-12(13,14)6-3-9/h9-10H,2-8,15H2,1H3,(H,16,17). The summed E-state index contributed by atoms with van der Waals surface area (Å²) in [6.07, 6.45) is 0.735. The van der Waals surface area contributed by atoms with E-state index in [1.54, 1.807) is 7.11 Å². The molecule has 1 fully saturated rings. The molecule has 0 aliphatic heterocycles. The second-order valence-electron chi connectivity index (χ2n) is 4.87. The quantitative estimate of drug-likeness (QED) is 0.760. The van der Waals surface area contributed by atoms with Crippen LogP contribution >= 0.6 is 0 Å². The molecule has 1 saturated carbocycles. The molecule has 0 bridgehead atoms. The summed E-state index contributed by atoms with van der Waals surface area (Å²) in [6, 6.07) is -0.130. The molecular weight excluding hydrogens is 242 g/mol. The molecule has 6 heteroatoms. The number of methoxy groups -OCH3 is 1. The number of nitrogens with one attached hydrogen (secondary N) is 1. The molecule has 0 radical (unpaired) electrons. The zero-order chi connectivity index (χ0) is 13.6. The Balaban J connectivity index is 2.39. The molecule has 0 aromatic heterocycles. The van der Waals surface area contributed by atoms with E-state index in [-0.39, 0.29) is 43.6 Å². The van der Waals surface area contributed by atoms with Crippen molar-refractivity contribution in [2.24, 2.45) is 11.7 Å². The van der Waals surface area contributed by atoms with Gasteiger partial charge in [0.2, 0.25) is 11.8 Å². The molecule has 3 N–H and O–H groups in total. The minimum Gasteiger partial charge on any atom is -0.383 e. The van der Waals surface area contributed by atoms with E-state index >= 15 is 0 Å². The molecule has 1 aliphatic rings. The summed E-state index contributed by atoms with van der Waals surface area (Å²) in [5.74, 6) is -3.05. The molecule has 0 aromatic carbocycles. The highest BCUT2D eigenvalue weighted by molar-refractivity contribution is 5.79. The highest BCUT2D eigenvalue weighted by Crippen LogP contribution is 2.36. The van der Waals surface area contributed by atoms with E-state index in [0.29, 0.717) is 19.6 Å². The lowest BCUT2D eigenvalue weighted by Gasteiger charge is -2.28. The highest BCUT2D eigenvalue weighted by Gasteiger charge is 2.37. The third kappa shape index (κ3) is 4.86. The molecular formula is C12H22F2N2O2. The van der Waals surface area contributed by atoms with Crippen LogP contribution in [0.15, 0.2) is 0 Å². The summed E-state index contributed by atoms with van der Waals surface area (Å²) in [7, 11) is 1.55. The van der Waals surface area contributed by atoms with Gasteiger partial charge in [-0.1, -0.05) is 0 Å². The van der Waals surface area contributed by atoms with Crippen LogP contribution in [0.2, 0.25) is 0 Å². The number of ether oxygens (including phenoxy) is 1. The van der Waals surface area contributed by atoms with Crippen molar-refractivity contribution in [3.63, 3.8) is 0 Å². The van der Waals surface area contributed by atoms with Crippen LogP contribution < -0.4 is 11.1 Å². The van der Waals surface area contributed by atoms with Gasteiger partial charge in [0, 0.05) is 25.9 Å². The van der Waals surface area contributed by atoms with Gasteiger partial charge in [0.15, 0.2) is 0 Å². The average molecular weight is 264 g/mol. The first-order valence-electron chi connectivity index (χ1n) is 6.35. The van der Waals surface area contributed by atoms with Crippen molar-refractivity contribution < 1.29 is 18.3 Å². The summed E-state index contributed by atoms with van der Waals surface area (Å²) in [6.45, 7) is 0.850. The Kier molecular flexibility index (Phi) is 5.95. The van der Waals surface area contributed by atoms with Crippen LogP contribution in [0, 0.1) is 5.92 Å². The van der Waals surface area contributed by atoms with E-state index in [2.05, 4.69) is 5.32 Å². The van der Waals surface area contributed by atoms with Crippen LogP contribution in [-0.4, -0.2) is 38.1 Å². The van der Waals surface area contributed by atoms with Gasteiger partial charge in [0.05, 0.1) is 12.6 Å². The van der Waals surface area contributed by atoms with E-state index in [9.17, 15) is 13.6 Å². The van der Waals surface area contributed by atoms with Crippen LogP contribution in [0.25, 0.3) is 0 Å². The zero-order valence-electron chi connectivity index (χ0n) is 10.8. The Morgan fingerprint density at radius 2 is 2.11 bits per heavy atom. The molecule has 0 saturated heterocycles. The van der Waals surface area contributed by atoms with E-state index in [4.69, 9.17) is 10.5 Å². The predicted molar refractivity (Wildman–Crippen MR) is 64.4 cm³/mol. The van der Waals surface area contributed by atoms with E-state index in [1.807, 2.05) is 0 Å². The van der Waals surface area contributed by atoms with Crippen LogP contribution in [-0.2, 0) is 9.53 Å². The summed E-state index contributed by atoms with van der Waals surface area (Å²) in [4.78, 5) is 11.9. The fourth-order valence-electron chi connectivity index (χ4n) is 2.22. The zero-order valence-corrected chi connectivity index (χ0v) is 10.8. The van der Waals surface area contributed by atoms with Crippen molar-refractivity contribution in [2.45, 2.75) is 44.1 Å². The number of rotatable bonds is 6. The van der Waals surface area contributed by atoms with Gasteiger partial charge in [0.1, 0.15) is 0 Å². The first-order valence-corrected chi connectivity index (χ1v) is 6.35. The maximum atomic E-state index is 13.0. The second-order valence-corrected chi connectivity index (χ2v) is 4.87. The van der Waals surface area contributed by atoms with Gasteiger partial charge >= 0.3 is 0 Å². The van der Waals surface area contributed by atoms with Crippen LogP contribution in [0.1, 0.15) is 32.1 Å². The molecule has 0 spiro atoms. The Morgan fingerprint density at radius 1 is 1.50 bits per heavy atom. The van der Waals surface area contributed by atoms with Gasteiger partial charge in [-0.05, 0) is 25.8 Å².